The lowest BCUT2D eigenvalue weighted by atomic mass is 9.88. The van der Waals surface area contributed by atoms with Crippen molar-refractivity contribution in [1.82, 2.24) is 4.90 Å². The standard InChI is InChI=1S/C17H23F2NO2/c1-5-22-16(21)14-10-20(17(2,3)4)9-13(14)12-7-6-11(18)8-15(12)19/h6-8,13-14H,5,9-10H2,1-4H3/t13-,14+/m1/s1. The summed E-state index contributed by atoms with van der Waals surface area (Å²) in [6.07, 6.45) is 0. The molecule has 0 aliphatic carbocycles. The quantitative estimate of drug-likeness (QED) is 0.802. The Bertz CT molecular complexity index is 554. The van der Waals surface area contributed by atoms with Gasteiger partial charge in [0.25, 0.3) is 0 Å². The van der Waals surface area contributed by atoms with E-state index in [0.717, 1.165) is 6.07 Å². The molecule has 1 saturated heterocycles. The summed E-state index contributed by atoms with van der Waals surface area (Å²) in [5, 5.41) is 0. The van der Waals surface area contributed by atoms with E-state index < -0.39 is 17.6 Å². The summed E-state index contributed by atoms with van der Waals surface area (Å²) in [5.41, 5.74) is 0.252. The predicted octanol–water partition coefficient (Wildman–Crippen LogP) is 3.34. The van der Waals surface area contributed by atoms with Crippen LogP contribution in [0.1, 0.15) is 39.2 Å². The average molecular weight is 311 g/mol. The minimum absolute atomic E-state index is 0.129. The molecule has 0 saturated carbocycles. The van der Waals surface area contributed by atoms with Crippen LogP contribution < -0.4 is 0 Å². The van der Waals surface area contributed by atoms with Crippen LogP contribution in [0.3, 0.4) is 0 Å². The van der Waals surface area contributed by atoms with Crippen molar-refractivity contribution >= 4 is 5.97 Å². The minimum atomic E-state index is -0.611. The van der Waals surface area contributed by atoms with Gasteiger partial charge in [-0.25, -0.2) is 8.78 Å². The number of carbonyl (C=O) groups excluding carboxylic acids is 1. The Kier molecular flexibility index (Phi) is 4.85. The maximum atomic E-state index is 14.1. The molecule has 0 radical (unpaired) electrons. The molecule has 0 spiro atoms. The third-order valence-electron chi connectivity index (χ3n) is 4.22. The van der Waals surface area contributed by atoms with E-state index in [2.05, 4.69) is 25.7 Å². The first-order valence-electron chi connectivity index (χ1n) is 7.60. The van der Waals surface area contributed by atoms with E-state index >= 15 is 0 Å². The number of hydrogen-bond acceptors (Lipinski definition) is 3. The predicted molar refractivity (Wildman–Crippen MR) is 80.5 cm³/mol. The van der Waals surface area contributed by atoms with Crippen LogP contribution in [0.25, 0.3) is 0 Å². The van der Waals surface area contributed by atoms with Gasteiger partial charge in [0.1, 0.15) is 11.6 Å². The number of hydrogen-bond donors (Lipinski definition) is 0. The van der Waals surface area contributed by atoms with Crippen LogP contribution in [-0.4, -0.2) is 36.1 Å². The first kappa shape index (κ1) is 16.9. The number of likely N-dealkylation sites (tertiary alicyclic amines) is 1. The molecule has 1 heterocycles. The Balaban J connectivity index is 2.34. The normalized spacial score (nSPS) is 22.8. The van der Waals surface area contributed by atoms with Gasteiger partial charge in [-0.1, -0.05) is 6.07 Å². The van der Waals surface area contributed by atoms with Gasteiger partial charge in [-0.3, -0.25) is 9.69 Å². The number of carbonyl (C=O) groups is 1. The third kappa shape index (κ3) is 3.46. The summed E-state index contributed by atoms with van der Waals surface area (Å²) in [7, 11) is 0. The fourth-order valence-corrected chi connectivity index (χ4v) is 2.96. The Labute approximate surface area is 130 Å². The number of nitrogens with zero attached hydrogens (tertiary/aromatic N) is 1. The highest BCUT2D eigenvalue weighted by Gasteiger charge is 2.43. The van der Waals surface area contributed by atoms with Crippen LogP contribution in [0, 0.1) is 17.6 Å². The van der Waals surface area contributed by atoms with Gasteiger partial charge in [-0.05, 0) is 39.3 Å². The number of halogens is 2. The SMILES string of the molecule is CCOC(=O)[C@H]1CN(C(C)(C)C)C[C@@H]1c1ccc(F)cc1F. The number of rotatable bonds is 3. The van der Waals surface area contributed by atoms with E-state index in [0.29, 0.717) is 25.3 Å². The molecule has 2 atom stereocenters. The van der Waals surface area contributed by atoms with Gasteiger partial charge in [0.05, 0.1) is 12.5 Å². The largest absolute Gasteiger partial charge is 0.466 e. The maximum Gasteiger partial charge on any atom is 0.310 e. The summed E-state index contributed by atoms with van der Waals surface area (Å²) in [4.78, 5) is 14.4. The molecule has 0 bridgehead atoms. The molecular formula is C17H23F2NO2. The van der Waals surface area contributed by atoms with E-state index in [9.17, 15) is 13.6 Å². The van der Waals surface area contributed by atoms with Crippen LogP contribution in [0.15, 0.2) is 18.2 Å². The molecule has 2 rings (SSSR count). The van der Waals surface area contributed by atoms with Crippen LogP contribution >= 0.6 is 0 Å². The lowest BCUT2D eigenvalue weighted by Crippen LogP contribution is -2.40. The highest BCUT2D eigenvalue weighted by atomic mass is 19.1. The molecule has 1 aliphatic heterocycles. The topological polar surface area (TPSA) is 29.5 Å². The van der Waals surface area contributed by atoms with Crippen molar-refractivity contribution in [2.45, 2.75) is 39.2 Å². The average Bonchev–Trinajstić information content (AvgIpc) is 2.83. The molecular weight excluding hydrogens is 288 g/mol. The van der Waals surface area contributed by atoms with Gasteiger partial charge in [0.15, 0.2) is 0 Å². The van der Waals surface area contributed by atoms with Crippen LogP contribution in [0.5, 0.6) is 0 Å². The van der Waals surface area contributed by atoms with Crippen molar-refractivity contribution in [2.75, 3.05) is 19.7 Å². The molecule has 1 fully saturated rings. The smallest absolute Gasteiger partial charge is 0.310 e. The van der Waals surface area contributed by atoms with Crippen molar-refractivity contribution in [3.63, 3.8) is 0 Å². The maximum absolute atomic E-state index is 14.1. The summed E-state index contributed by atoms with van der Waals surface area (Å²) in [6, 6.07) is 3.55. The van der Waals surface area contributed by atoms with Gasteiger partial charge in [0, 0.05) is 30.6 Å². The highest BCUT2D eigenvalue weighted by Crippen LogP contribution is 2.38. The van der Waals surface area contributed by atoms with Gasteiger partial charge in [-0.2, -0.15) is 0 Å². The second kappa shape index (κ2) is 6.32. The van der Waals surface area contributed by atoms with Crippen molar-refractivity contribution in [3.05, 3.63) is 35.4 Å². The van der Waals surface area contributed by atoms with Gasteiger partial charge < -0.3 is 4.74 Å². The van der Waals surface area contributed by atoms with Gasteiger partial charge in [-0.15, -0.1) is 0 Å². The zero-order valence-corrected chi connectivity index (χ0v) is 13.5. The lowest BCUT2D eigenvalue weighted by molar-refractivity contribution is -0.148. The van der Waals surface area contributed by atoms with E-state index in [-0.39, 0.29) is 17.4 Å². The van der Waals surface area contributed by atoms with Crippen LogP contribution in [-0.2, 0) is 9.53 Å². The second-order valence-corrected chi connectivity index (χ2v) is 6.71. The van der Waals surface area contributed by atoms with E-state index in [1.807, 2.05) is 0 Å². The Morgan fingerprint density at radius 2 is 2.00 bits per heavy atom. The zero-order chi connectivity index (χ0) is 16.5. The first-order valence-corrected chi connectivity index (χ1v) is 7.60. The van der Waals surface area contributed by atoms with Crippen molar-refractivity contribution in [3.8, 4) is 0 Å². The number of esters is 1. The molecule has 1 aliphatic rings. The molecule has 22 heavy (non-hydrogen) atoms. The molecule has 0 unspecified atom stereocenters. The molecule has 3 nitrogen and oxygen atoms in total. The minimum Gasteiger partial charge on any atom is -0.466 e. The van der Waals surface area contributed by atoms with Crippen LogP contribution in [0.4, 0.5) is 8.78 Å². The molecule has 1 aromatic carbocycles. The van der Waals surface area contributed by atoms with E-state index in [1.165, 1.54) is 12.1 Å². The molecule has 1 aromatic rings. The molecule has 0 amide bonds. The third-order valence-corrected chi connectivity index (χ3v) is 4.22. The van der Waals surface area contributed by atoms with Crippen LogP contribution in [0.2, 0.25) is 0 Å². The highest BCUT2D eigenvalue weighted by molar-refractivity contribution is 5.74. The fraction of sp³-hybridized carbons (Fsp3) is 0.588. The Morgan fingerprint density at radius 3 is 2.55 bits per heavy atom. The molecule has 0 aromatic heterocycles. The lowest BCUT2D eigenvalue weighted by Gasteiger charge is -2.31. The summed E-state index contributed by atoms with van der Waals surface area (Å²) < 4.78 is 32.4. The first-order chi connectivity index (χ1) is 10.2. The molecule has 122 valence electrons. The van der Waals surface area contributed by atoms with Crippen molar-refractivity contribution in [1.29, 1.82) is 0 Å². The summed E-state index contributed by atoms with van der Waals surface area (Å²) in [5.74, 6) is -2.28. The summed E-state index contributed by atoms with van der Waals surface area (Å²) >= 11 is 0. The molecule has 0 N–H and O–H groups in total. The number of benzene rings is 1. The fourth-order valence-electron chi connectivity index (χ4n) is 2.96. The number of ether oxygens (including phenoxy) is 1. The summed E-state index contributed by atoms with van der Waals surface area (Å²) in [6.45, 7) is 9.28. The molecule has 5 heteroatoms. The Hall–Kier alpha value is -1.49. The monoisotopic (exact) mass is 311 g/mol. The van der Waals surface area contributed by atoms with Gasteiger partial charge in [0.2, 0.25) is 0 Å². The Morgan fingerprint density at radius 1 is 1.32 bits per heavy atom. The van der Waals surface area contributed by atoms with E-state index in [4.69, 9.17) is 4.74 Å². The van der Waals surface area contributed by atoms with E-state index in [1.54, 1.807) is 6.92 Å². The zero-order valence-electron chi connectivity index (χ0n) is 13.5. The van der Waals surface area contributed by atoms with Crippen molar-refractivity contribution < 1.29 is 18.3 Å². The van der Waals surface area contributed by atoms with Crippen molar-refractivity contribution in [2.24, 2.45) is 5.92 Å². The van der Waals surface area contributed by atoms with Gasteiger partial charge >= 0.3 is 5.97 Å². The second-order valence-electron chi connectivity index (χ2n) is 6.71.